The van der Waals surface area contributed by atoms with Crippen LogP contribution in [0.4, 0.5) is 0 Å². The minimum Gasteiger partial charge on any atom is -0.357 e. The van der Waals surface area contributed by atoms with Gasteiger partial charge in [-0.15, -0.1) is 24.0 Å². The Labute approximate surface area is 157 Å². The molecule has 0 atom stereocenters. The summed E-state index contributed by atoms with van der Waals surface area (Å²) < 4.78 is 0. The second kappa shape index (κ2) is 14.4. The molecule has 0 aromatic carbocycles. The number of carbonyl (C=O) groups is 1. The maximum atomic E-state index is 11.7. The molecule has 0 fully saturated rings. The van der Waals surface area contributed by atoms with Crippen LogP contribution in [0.15, 0.2) is 4.99 Å². The fraction of sp³-hybridized carbons (Fsp3) is 0.867. The predicted molar refractivity (Wildman–Crippen MR) is 109 cm³/mol. The first-order valence-corrected chi connectivity index (χ1v) is 9.10. The summed E-state index contributed by atoms with van der Waals surface area (Å²) in [6, 6.07) is 0. The van der Waals surface area contributed by atoms with Crippen molar-refractivity contribution in [3.63, 3.8) is 0 Å². The lowest BCUT2D eigenvalue weighted by molar-refractivity contribution is -0.128. The Morgan fingerprint density at radius 1 is 1.09 bits per heavy atom. The number of carbonyl (C=O) groups excluding carboxylic acids is 1. The number of halogens is 1. The van der Waals surface area contributed by atoms with E-state index in [-0.39, 0.29) is 35.3 Å². The molecule has 0 saturated heterocycles. The molecule has 0 aromatic heterocycles. The molecule has 0 aliphatic carbocycles. The molecular formula is C15H33IN4OS. The van der Waals surface area contributed by atoms with E-state index in [1.165, 1.54) is 12.2 Å². The second-order valence-corrected chi connectivity index (χ2v) is 6.88. The van der Waals surface area contributed by atoms with Gasteiger partial charge in [-0.25, -0.2) is 0 Å². The highest BCUT2D eigenvalue weighted by molar-refractivity contribution is 14.0. The number of thioether (sulfide) groups is 1. The Kier molecular flexibility index (Phi) is 15.8. The van der Waals surface area contributed by atoms with E-state index in [0.29, 0.717) is 13.1 Å². The zero-order valence-corrected chi connectivity index (χ0v) is 17.8. The molecule has 0 unspecified atom stereocenters. The highest BCUT2D eigenvalue weighted by Crippen LogP contribution is 2.11. The number of guanidine groups is 1. The quantitative estimate of drug-likeness (QED) is 0.221. The predicted octanol–water partition coefficient (Wildman–Crippen LogP) is 2.47. The van der Waals surface area contributed by atoms with Crippen LogP contribution in [-0.4, -0.2) is 50.1 Å². The number of rotatable bonds is 9. The Hall–Kier alpha value is -0.180. The fourth-order valence-electron chi connectivity index (χ4n) is 1.51. The Balaban J connectivity index is 0. The van der Waals surface area contributed by atoms with Gasteiger partial charge in [-0.1, -0.05) is 20.8 Å². The van der Waals surface area contributed by atoms with Gasteiger partial charge in [0.25, 0.3) is 0 Å². The van der Waals surface area contributed by atoms with E-state index in [1.807, 2.05) is 39.5 Å². The molecule has 22 heavy (non-hydrogen) atoms. The van der Waals surface area contributed by atoms with Crippen molar-refractivity contribution in [2.45, 2.75) is 40.5 Å². The molecule has 1 amide bonds. The van der Waals surface area contributed by atoms with E-state index in [0.717, 1.165) is 25.5 Å². The van der Waals surface area contributed by atoms with Crippen molar-refractivity contribution in [2.24, 2.45) is 10.4 Å². The third-order valence-electron chi connectivity index (χ3n) is 2.75. The van der Waals surface area contributed by atoms with E-state index < -0.39 is 0 Å². The van der Waals surface area contributed by atoms with Gasteiger partial charge in [0, 0.05) is 31.6 Å². The summed E-state index contributed by atoms with van der Waals surface area (Å²) >= 11 is 1.87. The molecule has 0 aliphatic rings. The molecule has 0 aliphatic heterocycles. The van der Waals surface area contributed by atoms with E-state index in [9.17, 15) is 4.79 Å². The summed E-state index contributed by atoms with van der Waals surface area (Å²) in [6.45, 7) is 10.7. The van der Waals surface area contributed by atoms with Crippen molar-refractivity contribution in [2.75, 3.05) is 38.2 Å². The summed E-state index contributed by atoms with van der Waals surface area (Å²) in [5, 5.41) is 9.37. The van der Waals surface area contributed by atoms with Crippen molar-refractivity contribution in [3.8, 4) is 0 Å². The molecule has 0 heterocycles. The first-order valence-electron chi connectivity index (χ1n) is 7.71. The maximum Gasteiger partial charge on any atom is 0.225 e. The van der Waals surface area contributed by atoms with Gasteiger partial charge >= 0.3 is 0 Å². The number of nitrogens with zero attached hydrogens (tertiary/aromatic N) is 1. The minimum atomic E-state index is -0.337. The third kappa shape index (κ3) is 13.5. The van der Waals surface area contributed by atoms with Gasteiger partial charge in [-0.05, 0) is 31.8 Å². The Bertz CT molecular complexity index is 319. The molecule has 0 rings (SSSR count). The van der Waals surface area contributed by atoms with E-state index in [1.54, 1.807) is 0 Å². The van der Waals surface area contributed by atoms with Crippen LogP contribution in [0.1, 0.15) is 40.5 Å². The van der Waals surface area contributed by atoms with Gasteiger partial charge in [0.15, 0.2) is 5.96 Å². The third-order valence-corrected chi connectivity index (χ3v) is 3.45. The molecule has 0 spiro atoms. The van der Waals surface area contributed by atoms with Crippen molar-refractivity contribution in [1.29, 1.82) is 0 Å². The standard InChI is InChI=1S/C15H32N4OS.HI/c1-6-16-14(18-9-7-8-12-21-5)19-11-10-17-13(20)15(2,3)4;/h6-12H2,1-5H3,(H,17,20)(H2,16,18,19);1H. The average Bonchev–Trinajstić information content (AvgIpc) is 2.41. The van der Waals surface area contributed by atoms with Crippen molar-refractivity contribution in [1.82, 2.24) is 16.0 Å². The summed E-state index contributed by atoms with van der Waals surface area (Å²) in [4.78, 5) is 16.2. The zero-order chi connectivity index (χ0) is 16.1. The second-order valence-electron chi connectivity index (χ2n) is 5.89. The van der Waals surface area contributed by atoms with Gasteiger partial charge in [0.05, 0.1) is 0 Å². The van der Waals surface area contributed by atoms with Crippen LogP contribution in [0, 0.1) is 5.41 Å². The van der Waals surface area contributed by atoms with Crippen molar-refractivity contribution < 1.29 is 4.79 Å². The molecule has 5 nitrogen and oxygen atoms in total. The topological polar surface area (TPSA) is 65.5 Å². The normalized spacial score (nSPS) is 11.6. The molecule has 7 heteroatoms. The summed E-state index contributed by atoms with van der Waals surface area (Å²) in [7, 11) is 0. The van der Waals surface area contributed by atoms with E-state index >= 15 is 0 Å². The number of hydrogen-bond donors (Lipinski definition) is 3. The largest absolute Gasteiger partial charge is 0.357 e. The first-order chi connectivity index (χ1) is 9.91. The number of nitrogens with one attached hydrogen (secondary N) is 3. The van der Waals surface area contributed by atoms with Crippen LogP contribution < -0.4 is 16.0 Å². The van der Waals surface area contributed by atoms with Crippen LogP contribution in [0.3, 0.4) is 0 Å². The lowest BCUT2D eigenvalue weighted by Crippen LogP contribution is -2.43. The molecule has 132 valence electrons. The summed E-state index contributed by atoms with van der Waals surface area (Å²) in [5.41, 5.74) is -0.337. The van der Waals surface area contributed by atoms with Crippen LogP contribution in [-0.2, 0) is 4.79 Å². The fourth-order valence-corrected chi connectivity index (χ4v) is 2.01. The highest BCUT2D eigenvalue weighted by atomic mass is 127. The lowest BCUT2D eigenvalue weighted by atomic mass is 9.96. The minimum absolute atomic E-state index is 0. The molecular weight excluding hydrogens is 411 g/mol. The van der Waals surface area contributed by atoms with Gasteiger partial charge < -0.3 is 16.0 Å². The summed E-state index contributed by atoms with van der Waals surface area (Å²) in [6.07, 6.45) is 4.44. The molecule has 3 N–H and O–H groups in total. The monoisotopic (exact) mass is 444 g/mol. The summed E-state index contributed by atoms with van der Waals surface area (Å²) in [5.74, 6) is 2.09. The van der Waals surface area contributed by atoms with Crippen molar-refractivity contribution >= 4 is 47.6 Å². The van der Waals surface area contributed by atoms with Crippen LogP contribution in [0.5, 0.6) is 0 Å². The van der Waals surface area contributed by atoms with Gasteiger partial charge in [-0.3, -0.25) is 9.79 Å². The van der Waals surface area contributed by atoms with Crippen LogP contribution in [0.25, 0.3) is 0 Å². The number of aliphatic imine (C=N–C) groups is 1. The zero-order valence-electron chi connectivity index (χ0n) is 14.6. The van der Waals surface area contributed by atoms with Crippen LogP contribution >= 0.6 is 35.7 Å². The number of amides is 1. The van der Waals surface area contributed by atoms with E-state index in [4.69, 9.17) is 0 Å². The first kappa shape index (κ1) is 24.1. The maximum absolute atomic E-state index is 11.7. The van der Waals surface area contributed by atoms with E-state index in [2.05, 4.69) is 27.2 Å². The molecule has 0 radical (unpaired) electrons. The highest BCUT2D eigenvalue weighted by Gasteiger charge is 2.20. The molecule has 0 bridgehead atoms. The SMILES string of the molecule is CCNC(=NCCCCSC)NCCNC(=O)C(C)(C)C.I. The molecule has 0 aromatic rings. The lowest BCUT2D eigenvalue weighted by Gasteiger charge is -2.18. The number of hydrogen-bond acceptors (Lipinski definition) is 3. The van der Waals surface area contributed by atoms with Gasteiger partial charge in [0.2, 0.25) is 5.91 Å². The van der Waals surface area contributed by atoms with Gasteiger partial charge in [0.1, 0.15) is 0 Å². The Morgan fingerprint density at radius 2 is 1.73 bits per heavy atom. The smallest absolute Gasteiger partial charge is 0.225 e. The molecule has 0 saturated carbocycles. The average molecular weight is 444 g/mol. The van der Waals surface area contributed by atoms with Crippen molar-refractivity contribution in [3.05, 3.63) is 0 Å². The van der Waals surface area contributed by atoms with Gasteiger partial charge in [-0.2, -0.15) is 11.8 Å². The van der Waals surface area contributed by atoms with Crippen LogP contribution in [0.2, 0.25) is 0 Å². The number of unbranched alkanes of at least 4 members (excludes halogenated alkanes) is 1. The Morgan fingerprint density at radius 3 is 2.27 bits per heavy atom.